The van der Waals surface area contributed by atoms with Crippen LogP contribution in [0.2, 0.25) is 0 Å². The van der Waals surface area contributed by atoms with Gasteiger partial charge in [0.15, 0.2) is 5.69 Å². The number of nitrogens with zero attached hydrogens (tertiary/aromatic N) is 2. The third-order valence-electron chi connectivity index (χ3n) is 2.10. The minimum atomic E-state index is -0.160. The van der Waals surface area contributed by atoms with Crippen LogP contribution in [-0.4, -0.2) is 40.3 Å². The Bertz CT molecular complexity index is 296. The molecule has 1 amide bonds. The molecular formula is C10H16N2O3. The van der Waals surface area contributed by atoms with Gasteiger partial charge in [0.2, 0.25) is 0 Å². The van der Waals surface area contributed by atoms with Gasteiger partial charge in [0, 0.05) is 25.3 Å². The lowest BCUT2D eigenvalue weighted by Crippen LogP contribution is -2.38. The average molecular weight is 212 g/mol. The molecule has 5 heteroatoms. The molecule has 0 aliphatic heterocycles. The molecule has 0 spiro atoms. The van der Waals surface area contributed by atoms with E-state index >= 15 is 0 Å². The summed E-state index contributed by atoms with van der Waals surface area (Å²) in [6.45, 7) is 4.46. The van der Waals surface area contributed by atoms with Crippen LogP contribution >= 0.6 is 0 Å². The largest absolute Gasteiger partial charge is 0.396 e. The van der Waals surface area contributed by atoms with Crippen molar-refractivity contribution in [3.8, 4) is 0 Å². The van der Waals surface area contributed by atoms with E-state index in [1.807, 2.05) is 13.8 Å². The molecule has 0 bridgehead atoms. The highest BCUT2D eigenvalue weighted by atomic mass is 16.5. The summed E-state index contributed by atoms with van der Waals surface area (Å²) in [6.07, 6.45) is 1.94. The van der Waals surface area contributed by atoms with Crippen LogP contribution in [0, 0.1) is 0 Å². The van der Waals surface area contributed by atoms with Crippen molar-refractivity contribution < 1.29 is 14.4 Å². The minimum Gasteiger partial charge on any atom is -0.396 e. The van der Waals surface area contributed by atoms with Crippen LogP contribution in [0.4, 0.5) is 0 Å². The lowest BCUT2D eigenvalue weighted by Gasteiger charge is -2.25. The van der Waals surface area contributed by atoms with Crippen molar-refractivity contribution in [1.29, 1.82) is 0 Å². The highest BCUT2D eigenvalue weighted by Crippen LogP contribution is 2.07. The number of amides is 1. The van der Waals surface area contributed by atoms with Gasteiger partial charge in [-0.15, -0.1) is 0 Å². The second-order valence-corrected chi connectivity index (χ2v) is 3.55. The van der Waals surface area contributed by atoms with Crippen molar-refractivity contribution in [2.45, 2.75) is 26.3 Å². The monoisotopic (exact) mass is 212 g/mol. The molecule has 1 aromatic rings. The van der Waals surface area contributed by atoms with Crippen LogP contribution in [0.5, 0.6) is 0 Å². The molecule has 15 heavy (non-hydrogen) atoms. The third-order valence-corrected chi connectivity index (χ3v) is 2.10. The van der Waals surface area contributed by atoms with E-state index in [2.05, 4.69) is 9.68 Å². The Morgan fingerprint density at radius 2 is 2.40 bits per heavy atom. The molecule has 84 valence electrons. The van der Waals surface area contributed by atoms with Gasteiger partial charge in [-0.3, -0.25) is 4.79 Å². The Labute approximate surface area is 88.7 Å². The number of hydrogen-bond acceptors (Lipinski definition) is 4. The van der Waals surface area contributed by atoms with E-state index in [0.29, 0.717) is 18.7 Å². The highest BCUT2D eigenvalue weighted by molar-refractivity contribution is 5.92. The number of rotatable bonds is 5. The minimum absolute atomic E-state index is 0.0787. The van der Waals surface area contributed by atoms with Gasteiger partial charge < -0.3 is 14.5 Å². The van der Waals surface area contributed by atoms with Gasteiger partial charge in [0.1, 0.15) is 6.26 Å². The Morgan fingerprint density at radius 1 is 1.67 bits per heavy atom. The Balaban J connectivity index is 2.67. The highest BCUT2D eigenvalue weighted by Gasteiger charge is 2.20. The summed E-state index contributed by atoms with van der Waals surface area (Å²) in [5.41, 5.74) is 0.307. The summed E-state index contributed by atoms with van der Waals surface area (Å²) >= 11 is 0. The van der Waals surface area contributed by atoms with Gasteiger partial charge >= 0.3 is 0 Å². The number of carbonyl (C=O) groups is 1. The first-order valence-corrected chi connectivity index (χ1v) is 4.99. The van der Waals surface area contributed by atoms with Crippen LogP contribution in [0.25, 0.3) is 0 Å². The van der Waals surface area contributed by atoms with Crippen molar-refractivity contribution in [3.05, 3.63) is 18.0 Å². The summed E-state index contributed by atoms with van der Waals surface area (Å²) < 4.78 is 4.62. The van der Waals surface area contributed by atoms with E-state index in [4.69, 9.17) is 5.11 Å². The van der Waals surface area contributed by atoms with Gasteiger partial charge in [-0.1, -0.05) is 5.16 Å². The van der Waals surface area contributed by atoms with E-state index in [9.17, 15) is 4.79 Å². The molecule has 1 rings (SSSR count). The van der Waals surface area contributed by atoms with Gasteiger partial charge in [0.25, 0.3) is 5.91 Å². The van der Waals surface area contributed by atoms with Crippen LogP contribution in [0.3, 0.4) is 0 Å². The topological polar surface area (TPSA) is 66.6 Å². The molecule has 0 atom stereocenters. The fourth-order valence-corrected chi connectivity index (χ4v) is 1.31. The summed E-state index contributed by atoms with van der Waals surface area (Å²) in [4.78, 5) is 13.5. The molecular weight excluding hydrogens is 196 g/mol. The number of carbonyl (C=O) groups excluding carboxylic acids is 1. The van der Waals surface area contributed by atoms with Crippen LogP contribution in [0.15, 0.2) is 16.9 Å². The molecule has 0 saturated heterocycles. The van der Waals surface area contributed by atoms with Crippen LogP contribution in [-0.2, 0) is 0 Å². The third kappa shape index (κ3) is 3.06. The first-order valence-electron chi connectivity index (χ1n) is 4.99. The molecule has 0 fully saturated rings. The molecule has 0 unspecified atom stereocenters. The van der Waals surface area contributed by atoms with E-state index in [0.717, 1.165) is 0 Å². The molecule has 1 heterocycles. The standard InChI is InChI=1S/C10H16N2O3/c1-8(2)12(5-3-6-13)10(14)9-4-7-15-11-9/h4,7-8,13H,3,5-6H2,1-2H3. The summed E-state index contributed by atoms with van der Waals surface area (Å²) in [7, 11) is 0. The maximum absolute atomic E-state index is 11.9. The Kier molecular flexibility index (Phi) is 4.30. The summed E-state index contributed by atoms with van der Waals surface area (Å²) in [5.74, 6) is -0.160. The van der Waals surface area contributed by atoms with Gasteiger partial charge in [0.05, 0.1) is 0 Å². The van der Waals surface area contributed by atoms with E-state index in [1.165, 1.54) is 12.3 Å². The fourth-order valence-electron chi connectivity index (χ4n) is 1.31. The normalized spacial score (nSPS) is 10.7. The van der Waals surface area contributed by atoms with E-state index < -0.39 is 0 Å². The molecule has 0 radical (unpaired) electrons. The second-order valence-electron chi connectivity index (χ2n) is 3.55. The molecule has 1 N–H and O–H groups in total. The summed E-state index contributed by atoms with van der Waals surface area (Å²) in [6, 6.07) is 1.62. The van der Waals surface area contributed by atoms with Crippen molar-refractivity contribution in [3.63, 3.8) is 0 Å². The molecule has 0 saturated carbocycles. The quantitative estimate of drug-likeness (QED) is 0.787. The van der Waals surface area contributed by atoms with E-state index in [-0.39, 0.29) is 18.6 Å². The number of aromatic nitrogens is 1. The fraction of sp³-hybridized carbons (Fsp3) is 0.600. The second kappa shape index (κ2) is 5.50. The molecule has 0 aliphatic carbocycles. The zero-order valence-corrected chi connectivity index (χ0v) is 9.01. The molecule has 5 nitrogen and oxygen atoms in total. The lowest BCUT2D eigenvalue weighted by atomic mass is 10.2. The lowest BCUT2D eigenvalue weighted by molar-refractivity contribution is 0.0682. The molecule has 0 aliphatic rings. The van der Waals surface area contributed by atoms with Crippen molar-refractivity contribution >= 4 is 5.91 Å². The number of aliphatic hydroxyl groups excluding tert-OH is 1. The van der Waals surface area contributed by atoms with Crippen molar-refractivity contribution in [1.82, 2.24) is 10.1 Å². The maximum atomic E-state index is 11.9. The Morgan fingerprint density at radius 3 is 2.87 bits per heavy atom. The molecule has 1 aromatic heterocycles. The van der Waals surface area contributed by atoms with Gasteiger partial charge in [-0.05, 0) is 20.3 Å². The maximum Gasteiger partial charge on any atom is 0.276 e. The van der Waals surface area contributed by atoms with Crippen molar-refractivity contribution in [2.75, 3.05) is 13.2 Å². The Hall–Kier alpha value is -1.36. The number of aliphatic hydroxyl groups is 1. The smallest absolute Gasteiger partial charge is 0.276 e. The zero-order chi connectivity index (χ0) is 11.3. The van der Waals surface area contributed by atoms with Gasteiger partial charge in [-0.25, -0.2) is 0 Å². The predicted molar refractivity (Wildman–Crippen MR) is 54.4 cm³/mol. The van der Waals surface area contributed by atoms with Crippen molar-refractivity contribution in [2.24, 2.45) is 0 Å². The number of hydrogen-bond donors (Lipinski definition) is 1. The first kappa shape index (κ1) is 11.7. The average Bonchev–Trinajstić information content (AvgIpc) is 2.70. The van der Waals surface area contributed by atoms with E-state index in [1.54, 1.807) is 4.90 Å². The van der Waals surface area contributed by atoms with Gasteiger partial charge in [-0.2, -0.15) is 0 Å². The zero-order valence-electron chi connectivity index (χ0n) is 9.01. The predicted octanol–water partition coefficient (Wildman–Crippen LogP) is 0.908. The van der Waals surface area contributed by atoms with Crippen LogP contribution < -0.4 is 0 Å². The van der Waals surface area contributed by atoms with Crippen LogP contribution in [0.1, 0.15) is 30.8 Å². The SMILES string of the molecule is CC(C)N(CCCO)C(=O)c1ccon1. The molecule has 0 aromatic carbocycles. The first-order chi connectivity index (χ1) is 7.16. The summed E-state index contributed by atoms with van der Waals surface area (Å²) in [5, 5.41) is 12.3.